The van der Waals surface area contributed by atoms with Crippen LogP contribution < -0.4 is 11.2 Å². The maximum atomic E-state index is 9.68. The summed E-state index contributed by atoms with van der Waals surface area (Å²) in [5.74, 6) is 0.620. The number of hydrogen-bond acceptors (Lipinski definition) is 16. The summed E-state index contributed by atoms with van der Waals surface area (Å²) in [5, 5.41) is 15.4. The van der Waals surface area contributed by atoms with E-state index in [2.05, 4.69) is 106 Å². The molecule has 2 N–H and O–H groups in total. The monoisotopic (exact) mass is 1100 g/mol. The Morgan fingerprint density at radius 3 is 1.48 bits per heavy atom. The molecule has 3 aliphatic rings. The third-order valence-corrected chi connectivity index (χ3v) is 14.8. The molecule has 3 fully saturated rings. The van der Waals surface area contributed by atoms with Gasteiger partial charge in [0.1, 0.15) is 11.6 Å². The molecule has 79 heavy (non-hydrogen) atoms. The van der Waals surface area contributed by atoms with Crippen molar-refractivity contribution < 1.29 is 32.7 Å². The quantitative estimate of drug-likeness (QED) is 0.128. The van der Waals surface area contributed by atoms with Crippen LogP contribution in [0, 0.1) is 13.8 Å². The molecule has 0 aromatic carbocycles. The van der Waals surface area contributed by atoms with Crippen LogP contribution in [0.1, 0.15) is 154 Å². The van der Waals surface area contributed by atoms with Gasteiger partial charge < -0.3 is 33.7 Å². The van der Waals surface area contributed by atoms with Crippen LogP contribution >= 0.6 is 11.6 Å². The molecule has 0 saturated carbocycles. The Kier molecular flexibility index (Phi) is 20.3. The molecule has 18 nitrogen and oxygen atoms in total. The number of fused-ring (bicyclic) bond motifs is 2. The van der Waals surface area contributed by atoms with Crippen molar-refractivity contribution in [2.24, 2.45) is 0 Å². The first-order valence-electron chi connectivity index (χ1n) is 26.5. The smallest absolute Gasteiger partial charge is 0.405 e. The zero-order chi connectivity index (χ0) is 59.2. The highest BCUT2D eigenvalue weighted by Gasteiger charge is 2.63. The highest BCUT2D eigenvalue weighted by molar-refractivity contribution is 7.11. The normalized spacial score (nSPS) is 18.1. The number of alkyl halides is 1. The number of halogens is 1. The molecule has 3 saturated heterocycles. The number of hydrogen-bond donors (Lipinski definition) is 1. The van der Waals surface area contributed by atoms with Gasteiger partial charge in [-0.1, -0.05) is 47.6 Å². The molecule has 0 bridgehead atoms. The Bertz CT molecular complexity index is 2990. The number of anilines is 1. The van der Waals surface area contributed by atoms with Crippen molar-refractivity contribution in [2.45, 2.75) is 190 Å². The minimum atomic E-state index is -0.476. The molecule has 22 heteroatoms. The molecular formula is C57H83B3ClN11O7. The lowest BCUT2D eigenvalue weighted by molar-refractivity contribution is -0.114. The third-order valence-electron chi connectivity index (χ3n) is 14.4. The molecule has 7 aromatic heterocycles. The van der Waals surface area contributed by atoms with E-state index in [1.807, 2.05) is 140 Å². The molecule has 10 heterocycles. The summed E-state index contributed by atoms with van der Waals surface area (Å²) < 4.78 is 39.4. The van der Waals surface area contributed by atoms with E-state index in [0.717, 1.165) is 39.5 Å². The highest BCUT2D eigenvalue weighted by Crippen LogP contribution is 2.43. The van der Waals surface area contributed by atoms with Crippen LogP contribution in [0.5, 0.6) is 0 Å². The van der Waals surface area contributed by atoms with Gasteiger partial charge in [0.15, 0.2) is 11.3 Å². The number of aromatic nitrogens is 10. The molecule has 0 aliphatic carbocycles. The van der Waals surface area contributed by atoms with E-state index < -0.39 is 14.0 Å². The molecule has 0 atom stereocenters. The molecule has 3 aliphatic heterocycles. The van der Waals surface area contributed by atoms with Gasteiger partial charge >= 0.3 is 21.1 Å². The minimum Gasteiger partial charge on any atom is -0.405 e. The lowest BCUT2D eigenvalue weighted by Gasteiger charge is -2.32. The first kappa shape index (κ1) is 64.2. The average molecular weight is 1100 g/mol. The summed E-state index contributed by atoms with van der Waals surface area (Å²) in [6.45, 7) is 42.9. The standard InChI is InChI=1S/C18H24N2.C13H18BN3O2.C12H24B2O4.C7H7N3.C4H5N3.C3H5ClO/c1-17(2,3)13-9-10-19-16(11-13)15-8-7-14(12-20-15)18(4,5)6;1-9-8-17-11(16-9)6-10(7-15-17)14-18-12(2,3)13(4,5)19-14;1-9(2)10(3,4)16-13(15-9)14-17-11(5,6)12(7,8)18-14;1-6-5-10-7(9-6)3-2-4-8-10;5-4-2-1-3-6-7-4;1-3(5)2-4/h7-12H,1-6H3;6-8H,1-5H3;1-8H3;2-5H,1H3;1-3H,(H2,5,7);2H2,1H3. The van der Waals surface area contributed by atoms with E-state index in [1.54, 1.807) is 39.8 Å². The van der Waals surface area contributed by atoms with E-state index in [0.29, 0.717) is 5.82 Å². The Balaban J connectivity index is 0.000000184. The predicted molar refractivity (Wildman–Crippen MR) is 316 cm³/mol. The topological polar surface area (TPSA) is 210 Å². The van der Waals surface area contributed by atoms with E-state index in [4.69, 9.17) is 45.3 Å². The molecule has 0 amide bonds. The van der Waals surface area contributed by atoms with Gasteiger partial charge in [-0.2, -0.15) is 15.3 Å². The number of aryl methyl sites for hydroxylation is 2. The van der Waals surface area contributed by atoms with Gasteiger partial charge in [-0.15, -0.1) is 16.7 Å². The number of imidazole rings is 2. The van der Waals surface area contributed by atoms with Gasteiger partial charge in [-0.05, 0) is 174 Å². The summed E-state index contributed by atoms with van der Waals surface area (Å²) in [4.78, 5) is 27.3. The van der Waals surface area contributed by atoms with Crippen LogP contribution in [-0.2, 0) is 43.6 Å². The van der Waals surface area contributed by atoms with E-state index in [1.165, 1.54) is 18.1 Å². The summed E-state index contributed by atoms with van der Waals surface area (Å²) in [7, 11) is -1.34. The first-order valence-corrected chi connectivity index (χ1v) is 27.1. The number of carbonyl (C=O) groups is 1. The predicted octanol–water partition coefficient (Wildman–Crippen LogP) is 10.2. The van der Waals surface area contributed by atoms with Crippen molar-refractivity contribution in [2.75, 3.05) is 11.6 Å². The van der Waals surface area contributed by atoms with Crippen molar-refractivity contribution in [3.8, 4) is 11.4 Å². The number of nitrogen functional groups attached to an aromatic ring is 1. The first-order chi connectivity index (χ1) is 36.4. The van der Waals surface area contributed by atoms with E-state index in [-0.39, 0.29) is 63.2 Å². The molecule has 0 spiro atoms. The van der Waals surface area contributed by atoms with Crippen LogP contribution in [0.25, 0.3) is 22.7 Å². The number of carbonyl (C=O) groups excluding carboxylic acids is 1. The van der Waals surface area contributed by atoms with Crippen LogP contribution in [0.15, 0.2) is 98.0 Å². The SMILES string of the molecule is CC(=O)CCl.CC(C)(C)c1ccc(-c2cc(C(C)(C)C)ccn2)nc1.CC1(C)OB(B2OC(C)(C)C(C)(C)O2)OC1(C)C.Cc1cn2ncc(B3OC(C)(C)C(C)(C)O3)cc2n1.Cc1cn2ncccc2n1.Nc1cccnn1. The van der Waals surface area contributed by atoms with Crippen LogP contribution in [0.3, 0.4) is 0 Å². The number of ketones is 1. The summed E-state index contributed by atoms with van der Waals surface area (Å²) >= 11 is 4.99. The Labute approximate surface area is 474 Å². The zero-order valence-corrected chi connectivity index (χ0v) is 51.2. The second-order valence-corrected chi connectivity index (χ2v) is 25.1. The van der Waals surface area contributed by atoms with Crippen LogP contribution in [-0.4, -0.2) is 116 Å². The number of pyridine rings is 2. The van der Waals surface area contributed by atoms with Crippen LogP contribution in [0.2, 0.25) is 0 Å². The largest absolute Gasteiger partial charge is 0.496 e. The second-order valence-electron chi connectivity index (χ2n) is 24.9. The molecule has 0 unspecified atom stereocenters. The molecule has 10 rings (SSSR count). The van der Waals surface area contributed by atoms with Gasteiger partial charge in [0.05, 0.1) is 74.7 Å². The highest BCUT2D eigenvalue weighted by atomic mass is 35.5. The van der Waals surface area contributed by atoms with Crippen LogP contribution in [0.4, 0.5) is 5.82 Å². The van der Waals surface area contributed by atoms with E-state index >= 15 is 0 Å². The lowest BCUT2D eigenvalue weighted by Crippen LogP contribution is -2.41. The minimum absolute atomic E-state index is 0.0201. The molecule has 424 valence electrons. The summed E-state index contributed by atoms with van der Waals surface area (Å²) in [6.07, 6.45) is 12.7. The van der Waals surface area contributed by atoms with Gasteiger partial charge in [0.25, 0.3) is 0 Å². The van der Waals surface area contributed by atoms with Crippen molar-refractivity contribution in [1.29, 1.82) is 0 Å². The van der Waals surface area contributed by atoms with E-state index in [9.17, 15) is 4.79 Å². The van der Waals surface area contributed by atoms with Crippen molar-refractivity contribution >= 4 is 61.1 Å². The van der Waals surface area contributed by atoms with Gasteiger partial charge in [0, 0.05) is 36.4 Å². The summed E-state index contributed by atoms with van der Waals surface area (Å²) in [6, 6.07) is 17.6. The molecule has 0 radical (unpaired) electrons. The van der Waals surface area contributed by atoms with Crippen molar-refractivity contribution in [3.63, 3.8) is 0 Å². The fraction of sp³-hybridized carbons (Fsp3) is 0.526. The van der Waals surface area contributed by atoms with Gasteiger partial charge in [-0.25, -0.2) is 19.0 Å². The van der Waals surface area contributed by atoms with Crippen molar-refractivity contribution in [1.82, 2.24) is 49.4 Å². The van der Waals surface area contributed by atoms with Crippen molar-refractivity contribution in [3.05, 3.63) is 120 Å². The Morgan fingerprint density at radius 1 is 0.582 bits per heavy atom. The maximum absolute atomic E-state index is 9.68. The molecular weight excluding hydrogens is 1020 g/mol. The third kappa shape index (κ3) is 16.9. The fourth-order valence-electron chi connectivity index (χ4n) is 7.41. The van der Waals surface area contributed by atoms with Gasteiger partial charge in [0.2, 0.25) is 0 Å². The number of nitrogens with two attached hydrogens (primary N) is 1. The zero-order valence-electron chi connectivity index (χ0n) is 50.5. The van der Waals surface area contributed by atoms with Gasteiger partial charge in [-0.3, -0.25) is 14.8 Å². The Hall–Kier alpha value is -5.67. The second kappa shape index (κ2) is 25.0. The lowest BCUT2D eigenvalue weighted by atomic mass is 9.49. The average Bonchev–Trinajstić information content (AvgIpc) is 4.10. The number of Topliss-reactive ketones (excluding diaryl/α,β-unsaturated/α-hetero) is 1. The molecule has 7 aromatic rings. The fourth-order valence-corrected chi connectivity index (χ4v) is 7.41. The number of nitrogens with zero attached hydrogens (tertiary/aromatic N) is 10. The Morgan fingerprint density at radius 2 is 1.06 bits per heavy atom. The summed E-state index contributed by atoms with van der Waals surface area (Å²) in [5.41, 5.74) is 12.3. The maximum Gasteiger partial charge on any atom is 0.496 e. The number of rotatable bonds is 4.